The minimum atomic E-state index is -4.37. The van der Waals surface area contributed by atoms with Gasteiger partial charge in [0.25, 0.3) is 0 Å². The van der Waals surface area contributed by atoms with Gasteiger partial charge in [0, 0.05) is 19.4 Å². The first-order valence-electron chi connectivity index (χ1n) is 20.8. The zero-order valence-electron chi connectivity index (χ0n) is 32.8. The van der Waals surface area contributed by atoms with Gasteiger partial charge in [-0.1, -0.05) is 167 Å². The number of rotatable bonds is 39. The zero-order valence-corrected chi connectivity index (χ0v) is 33.7. The number of carbonyl (C=O) groups is 2. The molecule has 0 aliphatic carbocycles. The summed E-state index contributed by atoms with van der Waals surface area (Å²) in [6, 6.07) is 0. The minimum absolute atomic E-state index is 0.0521. The van der Waals surface area contributed by atoms with Crippen LogP contribution in [-0.4, -0.2) is 49.3 Å². The second-order valence-corrected chi connectivity index (χ2v) is 15.3. The van der Waals surface area contributed by atoms with Crippen molar-refractivity contribution in [1.82, 2.24) is 0 Å². The summed E-state index contributed by atoms with van der Waals surface area (Å²) in [5.41, 5.74) is 5.34. The molecule has 10 heteroatoms. The maximum absolute atomic E-state index is 12.5. The van der Waals surface area contributed by atoms with Gasteiger partial charge in [-0.15, -0.1) is 0 Å². The molecule has 0 aromatic heterocycles. The molecule has 3 N–H and O–H groups in total. The van der Waals surface area contributed by atoms with E-state index in [1.54, 1.807) is 0 Å². The van der Waals surface area contributed by atoms with Crippen LogP contribution in [0.5, 0.6) is 0 Å². The number of hydrogen-bond donors (Lipinski definition) is 2. The number of allylic oxidation sites excluding steroid dienone is 4. The van der Waals surface area contributed by atoms with E-state index in [-0.39, 0.29) is 38.6 Å². The van der Waals surface area contributed by atoms with Crippen LogP contribution in [0.3, 0.4) is 0 Å². The highest BCUT2D eigenvalue weighted by Gasteiger charge is 2.26. The van der Waals surface area contributed by atoms with Gasteiger partial charge in [-0.2, -0.15) is 0 Å². The van der Waals surface area contributed by atoms with Crippen LogP contribution in [-0.2, 0) is 32.7 Å². The third-order valence-electron chi connectivity index (χ3n) is 8.87. The van der Waals surface area contributed by atoms with E-state index in [0.717, 1.165) is 57.8 Å². The lowest BCUT2D eigenvalue weighted by molar-refractivity contribution is -0.161. The Labute approximate surface area is 312 Å². The Kier molecular flexibility index (Phi) is 37.1. The van der Waals surface area contributed by atoms with Crippen molar-refractivity contribution >= 4 is 19.8 Å². The lowest BCUT2D eigenvalue weighted by Gasteiger charge is -2.19. The number of nitrogens with two attached hydrogens (primary N) is 1. The molecule has 0 bridgehead atoms. The van der Waals surface area contributed by atoms with Crippen molar-refractivity contribution in [3.63, 3.8) is 0 Å². The third kappa shape index (κ3) is 38.0. The monoisotopic (exact) mass is 744 g/mol. The first kappa shape index (κ1) is 49.5. The predicted molar refractivity (Wildman–Crippen MR) is 211 cm³/mol. The number of carbonyl (C=O) groups excluding carboxylic acids is 2. The molecule has 0 rings (SSSR count). The Balaban J connectivity index is 4.19. The molecule has 0 aliphatic heterocycles. The van der Waals surface area contributed by atoms with Gasteiger partial charge in [-0.3, -0.25) is 18.6 Å². The van der Waals surface area contributed by atoms with Crippen LogP contribution in [0.15, 0.2) is 24.3 Å². The van der Waals surface area contributed by atoms with Crippen molar-refractivity contribution in [2.75, 3.05) is 26.4 Å². The summed E-state index contributed by atoms with van der Waals surface area (Å²) in [4.78, 5) is 34.8. The van der Waals surface area contributed by atoms with Gasteiger partial charge >= 0.3 is 19.8 Å². The summed E-state index contributed by atoms with van der Waals surface area (Å²) < 4.78 is 32.7. The standard InChI is InChI=1S/C41H78NO8P/c1-3-5-7-9-11-13-15-17-19-21-23-25-27-29-31-33-40(43)47-37-39(38-49-51(45,46)48-36-35-42)50-41(44)34-32-30-28-26-24-22-20-18-16-14-12-10-8-6-4-2/h14,16,18,20,39H,3-13,15,17,19,21-38,42H2,1-2H3,(H,45,46)/b16-14+,20-18+/t39-/m1/s1. The largest absolute Gasteiger partial charge is 0.472 e. The van der Waals surface area contributed by atoms with E-state index < -0.39 is 26.5 Å². The summed E-state index contributed by atoms with van der Waals surface area (Å²) >= 11 is 0. The lowest BCUT2D eigenvalue weighted by atomic mass is 10.0. The number of phosphoric ester groups is 1. The number of hydrogen-bond acceptors (Lipinski definition) is 8. The van der Waals surface area contributed by atoms with Gasteiger partial charge < -0.3 is 20.1 Å². The highest BCUT2D eigenvalue weighted by molar-refractivity contribution is 7.47. The van der Waals surface area contributed by atoms with Gasteiger partial charge in [0.05, 0.1) is 13.2 Å². The first-order chi connectivity index (χ1) is 24.8. The Bertz CT molecular complexity index is 897. The van der Waals surface area contributed by atoms with Gasteiger partial charge in [0.15, 0.2) is 6.10 Å². The SMILES string of the molecule is CCCCCC/C=C/C=C/CCCCCCCC(=O)O[C@H](COC(=O)CCCCCCCCCCCCCCCCC)COP(=O)(O)OCCN. The lowest BCUT2D eigenvalue weighted by Crippen LogP contribution is -2.29. The molecule has 2 atom stereocenters. The van der Waals surface area contributed by atoms with Crippen LogP contribution in [0.25, 0.3) is 0 Å². The van der Waals surface area contributed by atoms with E-state index in [1.807, 2.05) is 0 Å². The van der Waals surface area contributed by atoms with Crippen molar-refractivity contribution < 1.29 is 37.6 Å². The quantitative estimate of drug-likeness (QED) is 0.0273. The van der Waals surface area contributed by atoms with Crippen LogP contribution < -0.4 is 5.73 Å². The molecule has 0 radical (unpaired) electrons. The van der Waals surface area contributed by atoms with Gasteiger partial charge in [0.2, 0.25) is 0 Å². The summed E-state index contributed by atoms with van der Waals surface area (Å²) in [5.74, 6) is -0.840. The Morgan fingerprint density at radius 1 is 0.588 bits per heavy atom. The maximum atomic E-state index is 12.5. The number of ether oxygens (including phenoxy) is 2. The Morgan fingerprint density at radius 2 is 1.00 bits per heavy atom. The molecule has 0 aromatic rings. The van der Waals surface area contributed by atoms with E-state index in [2.05, 4.69) is 38.2 Å². The molecule has 0 aliphatic rings. The van der Waals surface area contributed by atoms with E-state index in [9.17, 15) is 19.0 Å². The number of esters is 2. The van der Waals surface area contributed by atoms with Crippen LogP contribution in [0, 0.1) is 0 Å². The zero-order chi connectivity index (χ0) is 37.5. The second-order valence-electron chi connectivity index (χ2n) is 13.9. The van der Waals surface area contributed by atoms with Gasteiger partial charge in [0.1, 0.15) is 6.61 Å². The molecule has 0 fully saturated rings. The van der Waals surface area contributed by atoms with Gasteiger partial charge in [-0.25, -0.2) is 4.57 Å². The topological polar surface area (TPSA) is 134 Å². The molecule has 0 amide bonds. The fraction of sp³-hybridized carbons (Fsp3) is 0.854. The highest BCUT2D eigenvalue weighted by atomic mass is 31.2. The van der Waals surface area contributed by atoms with E-state index >= 15 is 0 Å². The summed E-state index contributed by atoms with van der Waals surface area (Å²) in [5, 5.41) is 0. The summed E-state index contributed by atoms with van der Waals surface area (Å²) in [6.07, 6.45) is 39.1. The van der Waals surface area contributed by atoms with Gasteiger partial charge in [-0.05, 0) is 38.5 Å². The smallest absolute Gasteiger partial charge is 0.462 e. The summed E-state index contributed by atoms with van der Waals surface area (Å²) in [7, 11) is -4.37. The van der Waals surface area contributed by atoms with E-state index in [1.165, 1.54) is 103 Å². The maximum Gasteiger partial charge on any atom is 0.472 e. The van der Waals surface area contributed by atoms with Crippen LogP contribution in [0.1, 0.15) is 194 Å². The average Bonchev–Trinajstić information content (AvgIpc) is 3.11. The third-order valence-corrected chi connectivity index (χ3v) is 9.85. The molecule has 0 heterocycles. The fourth-order valence-electron chi connectivity index (χ4n) is 5.74. The highest BCUT2D eigenvalue weighted by Crippen LogP contribution is 2.43. The molecule has 1 unspecified atom stereocenters. The Hall–Kier alpha value is -1.51. The molecule has 9 nitrogen and oxygen atoms in total. The fourth-order valence-corrected chi connectivity index (χ4v) is 6.51. The molecule has 300 valence electrons. The molecule has 0 spiro atoms. The molecule has 0 aromatic carbocycles. The van der Waals surface area contributed by atoms with Crippen molar-refractivity contribution in [1.29, 1.82) is 0 Å². The van der Waals surface area contributed by atoms with Crippen molar-refractivity contribution in [3.05, 3.63) is 24.3 Å². The molecule has 0 saturated heterocycles. The molecule has 0 saturated carbocycles. The van der Waals surface area contributed by atoms with Crippen LogP contribution >= 0.6 is 7.82 Å². The first-order valence-corrected chi connectivity index (χ1v) is 22.3. The molecule has 51 heavy (non-hydrogen) atoms. The van der Waals surface area contributed by atoms with Crippen molar-refractivity contribution in [3.8, 4) is 0 Å². The number of phosphoric acid groups is 1. The van der Waals surface area contributed by atoms with E-state index in [4.69, 9.17) is 24.3 Å². The minimum Gasteiger partial charge on any atom is -0.462 e. The summed E-state index contributed by atoms with van der Waals surface area (Å²) in [6.45, 7) is 3.70. The van der Waals surface area contributed by atoms with Crippen LogP contribution in [0.2, 0.25) is 0 Å². The Morgan fingerprint density at radius 3 is 1.47 bits per heavy atom. The van der Waals surface area contributed by atoms with Crippen LogP contribution in [0.4, 0.5) is 0 Å². The van der Waals surface area contributed by atoms with Crippen molar-refractivity contribution in [2.45, 2.75) is 200 Å². The molecular formula is C41H78NO8P. The molecular weight excluding hydrogens is 665 g/mol. The number of unbranched alkanes of at least 4 members (excludes halogenated alkanes) is 23. The normalized spacial score (nSPS) is 13.6. The second kappa shape index (κ2) is 38.2. The van der Waals surface area contributed by atoms with E-state index in [0.29, 0.717) is 6.42 Å². The average molecular weight is 744 g/mol. The predicted octanol–water partition coefficient (Wildman–Crippen LogP) is 11.6. The van der Waals surface area contributed by atoms with Crippen molar-refractivity contribution in [2.24, 2.45) is 5.73 Å².